The van der Waals surface area contributed by atoms with Crippen LogP contribution in [0, 0.1) is 5.82 Å². The van der Waals surface area contributed by atoms with Crippen LogP contribution >= 0.6 is 11.6 Å². The summed E-state index contributed by atoms with van der Waals surface area (Å²) >= 11 is 6.00. The number of benzene rings is 2. The van der Waals surface area contributed by atoms with E-state index in [9.17, 15) is 18.8 Å². The molecule has 0 bridgehead atoms. The van der Waals surface area contributed by atoms with Crippen LogP contribution in [0.3, 0.4) is 0 Å². The molecule has 0 aliphatic carbocycles. The maximum Gasteiger partial charge on any atom is 0.269 e. The summed E-state index contributed by atoms with van der Waals surface area (Å²) in [6.45, 7) is 0.387. The number of amides is 3. The Morgan fingerprint density at radius 1 is 1.14 bits per heavy atom. The number of ether oxygens (including phenoxy) is 1. The Morgan fingerprint density at radius 3 is 2.55 bits per heavy atom. The van der Waals surface area contributed by atoms with Crippen molar-refractivity contribution in [3.63, 3.8) is 0 Å². The highest BCUT2D eigenvalue weighted by atomic mass is 35.5. The number of halogens is 2. The Kier molecular flexibility index (Phi) is 6.33. The summed E-state index contributed by atoms with van der Waals surface area (Å²) in [4.78, 5) is 39.0. The van der Waals surface area contributed by atoms with E-state index in [4.69, 9.17) is 16.3 Å². The van der Waals surface area contributed by atoms with Gasteiger partial charge in [-0.2, -0.15) is 0 Å². The van der Waals surface area contributed by atoms with Crippen molar-refractivity contribution in [3.05, 3.63) is 64.4 Å². The third kappa shape index (κ3) is 4.65. The van der Waals surface area contributed by atoms with Crippen molar-refractivity contribution in [1.82, 2.24) is 15.8 Å². The molecule has 0 spiro atoms. The van der Waals surface area contributed by atoms with Crippen LogP contribution < -0.4 is 15.6 Å². The van der Waals surface area contributed by atoms with Crippen molar-refractivity contribution in [1.29, 1.82) is 0 Å². The zero-order valence-electron chi connectivity index (χ0n) is 15.6. The van der Waals surface area contributed by atoms with Gasteiger partial charge in [0.05, 0.1) is 12.7 Å². The highest BCUT2D eigenvalue weighted by Gasteiger charge is 2.35. The number of carbonyl (C=O) groups excluding carboxylic acids is 3. The smallest absolute Gasteiger partial charge is 0.269 e. The van der Waals surface area contributed by atoms with Crippen molar-refractivity contribution < 1.29 is 23.5 Å². The Balaban J connectivity index is 1.67. The molecule has 3 amide bonds. The van der Waals surface area contributed by atoms with Crippen LogP contribution in [0.15, 0.2) is 42.5 Å². The largest absolute Gasteiger partial charge is 0.496 e. The molecule has 7 nitrogen and oxygen atoms in total. The van der Waals surface area contributed by atoms with Gasteiger partial charge in [-0.3, -0.25) is 25.2 Å². The molecule has 29 heavy (non-hydrogen) atoms. The molecule has 1 unspecified atom stereocenters. The second-order valence-electron chi connectivity index (χ2n) is 6.45. The van der Waals surface area contributed by atoms with E-state index < -0.39 is 23.7 Å². The Bertz CT molecular complexity index is 936. The quantitative estimate of drug-likeness (QED) is 0.745. The molecule has 1 fully saturated rings. The van der Waals surface area contributed by atoms with Gasteiger partial charge in [-0.25, -0.2) is 4.39 Å². The van der Waals surface area contributed by atoms with Gasteiger partial charge in [0, 0.05) is 17.1 Å². The Hall–Kier alpha value is -3.13. The fourth-order valence-corrected chi connectivity index (χ4v) is 3.33. The van der Waals surface area contributed by atoms with Crippen molar-refractivity contribution in [2.24, 2.45) is 0 Å². The first-order chi connectivity index (χ1) is 13.9. The van der Waals surface area contributed by atoms with Gasteiger partial charge in [0.25, 0.3) is 17.7 Å². The summed E-state index contributed by atoms with van der Waals surface area (Å²) in [6, 6.07) is 8.83. The van der Waals surface area contributed by atoms with Gasteiger partial charge in [-0.1, -0.05) is 11.6 Å². The molecular weight excluding hydrogens is 401 g/mol. The molecule has 152 valence electrons. The number of hydrogen-bond donors (Lipinski definition) is 2. The molecule has 1 aliphatic heterocycles. The normalized spacial score (nSPS) is 15.7. The SMILES string of the molecule is COc1ccc(Cl)cc1C(=O)N1CCCC1C(=O)NNC(=O)c1ccc(F)cc1. The van der Waals surface area contributed by atoms with Crippen molar-refractivity contribution in [2.45, 2.75) is 18.9 Å². The van der Waals surface area contributed by atoms with Gasteiger partial charge in [0.15, 0.2) is 0 Å². The third-order valence-corrected chi connectivity index (χ3v) is 4.85. The van der Waals surface area contributed by atoms with Gasteiger partial charge >= 0.3 is 0 Å². The topological polar surface area (TPSA) is 87.7 Å². The van der Waals surface area contributed by atoms with E-state index in [0.717, 1.165) is 12.1 Å². The number of nitrogens with zero attached hydrogens (tertiary/aromatic N) is 1. The lowest BCUT2D eigenvalue weighted by Crippen LogP contribution is -2.51. The molecule has 2 aromatic rings. The van der Waals surface area contributed by atoms with Crippen LogP contribution in [0.4, 0.5) is 4.39 Å². The molecule has 1 aliphatic rings. The summed E-state index contributed by atoms with van der Waals surface area (Å²) in [6.07, 6.45) is 1.09. The average molecular weight is 420 g/mol. The van der Waals surface area contributed by atoms with Crippen molar-refractivity contribution >= 4 is 29.3 Å². The van der Waals surface area contributed by atoms with Gasteiger partial charge in [-0.15, -0.1) is 0 Å². The van der Waals surface area contributed by atoms with Crippen molar-refractivity contribution in [2.75, 3.05) is 13.7 Å². The molecule has 2 aromatic carbocycles. The lowest BCUT2D eigenvalue weighted by atomic mass is 10.1. The minimum absolute atomic E-state index is 0.190. The first kappa shape index (κ1) is 20.6. The fourth-order valence-electron chi connectivity index (χ4n) is 3.16. The fraction of sp³-hybridized carbons (Fsp3) is 0.250. The monoisotopic (exact) mass is 419 g/mol. The van der Waals surface area contributed by atoms with Crippen molar-refractivity contribution in [3.8, 4) is 5.75 Å². The molecule has 2 N–H and O–H groups in total. The molecule has 0 radical (unpaired) electrons. The standard InChI is InChI=1S/C20H19ClFN3O4/c1-29-17-9-6-13(21)11-15(17)20(28)25-10-2-3-16(25)19(27)24-23-18(26)12-4-7-14(22)8-5-12/h4-9,11,16H,2-3,10H2,1H3,(H,23,26)(H,24,27). The van der Waals surface area contributed by atoms with Crippen LogP contribution in [-0.2, 0) is 4.79 Å². The van der Waals surface area contributed by atoms with Gasteiger partial charge < -0.3 is 9.64 Å². The number of likely N-dealkylation sites (tertiary alicyclic amines) is 1. The van der Waals surface area contributed by atoms with Gasteiger partial charge in [-0.05, 0) is 55.3 Å². The van der Waals surface area contributed by atoms with E-state index >= 15 is 0 Å². The molecule has 0 aromatic heterocycles. The molecule has 3 rings (SSSR count). The van der Waals surface area contributed by atoms with Crippen LogP contribution in [0.1, 0.15) is 33.6 Å². The average Bonchev–Trinajstić information content (AvgIpc) is 3.21. The van der Waals surface area contributed by atoms with E-state index in [2.05, 4.69) is 10.9 Å². The second kappa shape index (κ2) is 8.91. The minimum atomic E-state index is -0.750. The second-order valence-corrected chi connectivity index (χ2v) is 6.89. The van der Waals surface area contributed by atoms with E-state index in [1.54, 1.807) is 12.1 Å². The highest BCUT2D eigenvalue weighted by Crippen LogP contribution is 2.27. The molecule has 9 heteroatoms. The maximum absolute atomic E-state index is 13.0. The number of methoxy groups -OCH3 is 1. The molecule has 1 atom stereocenters. The number of hydrogen-bond acceptors (Lipinski definition) is 4. The van der Waals surface area contributed by atoms with Crippen LogP contribution in [0.2, 0.25) is 5.02 Å². The zero-order valence-corrected chi connectivity index (χ0v) is 16.3. The first-order valence-corrected chi connectivity index (χ1v) is 9.29. The molecule has 1 saturated heterocycles. The number of nitrogens with one attached hydrogen (secondary N) is 2. The van der Waals surface area contributed by atoms with E-state index in [0.29, 0.717) is 30.2 Å². The molecule has 1 heterocycles. The predicted molar refractivity (Wildman–Crippen MR) is 104 cm³/mol. The summed E-state index contributed by atoms with van der Waals surface area (Å²) < 4.78 is 18.2. The van der Waals surface area contributed by atoms with E-state index in [-0.39, 0.29) is 17.0 Å². The summed E-state index contributed by atoms with van der Waals surface area (Å²) in [5.41, 5.74) is 5.06. The predicted octanol–water partition coefficient (Wildman–Crippen LogP) is 2.55. The van der Waals surface area contributed by atoms with E-state index in [1.807, 2.05) is 0 Å². The Morgan fingerprint density at radius 2 is 1.86 bits per heavy atom. The lowest BCUT2D eigenvalue weighted by Gasteiger charge is -2.25. The summed E-state index contributed by atoms with van der Waals surface area (Å²) in [7, 11) is 1.44. The zero-order chi connectivity index (χ0) is 21.0. The summed E-state index contributed by atoms with van der Waals surface area (Å²) in [5.74, 6) is -1.61. The number of rotatable bonds is 4. The summed E-state index contributed by atoms with van der Waals surface area (Å²) in [5, 5.41) is 0.376. The lowest BCUT2D eigenvalue weighted by molar-refractivity contribution is -0.125. The van der Waals surface area contributed by atoms with Crippen LogP contribution in [0.25, 0.3) is 0 Å². The van der Waals surface area contributed by atoms with Gasteiger partial charge in [0.1, 0.15) is 17.6 Å². The molecule has 0 saturated carbocycles. The number of hydrazine groups is 1. The van der Waals surface area contributed by atoms with Gasteiger partial charge in [0.2, 0.25) is 0 Å². The minimum Gasteiger partial charge on any atom is -0.496 e. The first-order valence-electron chi connectivity index (χ1n) is 8.91. The Labute approximate surface area is 171 Å². The van der Waals surface area contributed by atoms with E-state index in [1.165, 1.54) is 30.2 Å². The maximum atomic E-state index is 13.0. The third-order valence-electron chi connectivity index (χ3n) is 4.61. The molecular formula is C20H19ClFN3O4. The van der Waals surface area contributed by atoms with Crippen LogP contribution in [-0.4, -0.2) is 42.3 Å². The van der Waals surface area contributed by atoms with Crippen LogP contribution in [0.5, 0.6) is 5.75 Å². The number of carbonyl (C=O) groups is 3. The highest BCUT2D eigenvalue weighted by molar-refractivity contribution is 6.31.